The van der Waals surface area contributed by atoms with Crippen molar-refractivity contribution in [2.24, 2.45) is 0 Å². The maximum Gasteiger partial charge on any atom is 0.0541 e. The number of para-hydroxylation sites is 3. The smallest absolute Gasteiger partial charge is 0.0541 e. The van der Waals surface area contributed by atoms with Gasteiger partial charge in [-0.1, -0.05) is 164 Å². The quantitative estimate of drug-likeness (QED) is 0.162. The molecule has 0 aliphatic heterocycles. The zero-order chi connectivity index (χ0) is 35.8. The number of anilines is 3. The van der Waals surface area contributed by atoms with Crippen LogP contribution in [0.2, 0.25) is 0 Å². The van der Waals surface area contributed by atoms with Crippen molar-refractivity contribution in [3.63, 3.8) is 0 Å². The lowest BCUT2D eigenvalue weighted by Gasteiger charge is -2.28. The summed E-state index contributed by atoms with van der Waals surface area (Å²) in [6.07, 6.45) is 0. The number of benzene rings is 9. The van der Waals surface area contributed by atoms with Gasteiger partial charge in [0.1, 0.15) is 0 Å². The predicted octanol–water partition coefficient (Wildman–Crippen LogP) is 14.4. The van der Waals surface area contributed by atoms with Crippen LogP contribution < -0.4 is 4.90 Å². The maximum absolute atomic E-state index is 2.41. The lowest BCUT2D eigenvalue weighted by Crippen LogP contribution is -2.11. The number of hydrogen-bond acceptors (Lipinski definition) is 1. The summed E-state index contributed by atoms with van der Waals surface area (Å²) in [4.78, 5) is 2.41. The number of hydrogen-bond donors (Lipinski definition) is 0. The van der Waals surface area contributed by atoms with E-state index in [-0.39, 0.29) is 0 Å². The van der Waals surface area contributed by atoms with Crippen molar-refractivity contribution in [2.75, 3.05) is 4.90 Å². The first-order valence-electron chi connectivity index (χ1n) is 18.5. The summed E-state index contributed by atoms with van der Waals surface area (Å²) in [6.45, 7) is 0. The van der Waals surface area contributed by atoms with Gasteiger partial charge in [0.15, 0.2) is 0 Å². The summed E-state index contributed by atoms with van der Waals surface area (Å²) in [5, 5.41) is 5.01. The van der Waals surface area contributed by atoms with Gasteiger partial charge < -0.3 is 9.47 Å². The molecule has 9 aromatic carbocycles. The molecule has 0 spiro atoms. The molecule has 1 heterocycles. The van der Waals surface area contributed by atoms with Gasteiger partial charge in [-0.25, -0.2) is 0 Å². The van der Waals surface area contributed by atoms with Crippen molar-refractivity contribution in [3.8, 4) is 39.1 Å². The Morgan fingerprint density at radius 3 is 1.50 bits per heavy atom. The zero-order valence-corrected chi connectivity index (χ0v) is 29.7. The summed E-state index contributed by atoms with van der Waals surface area (Å²) >= 11 is 0. The molecule has 0 unspecified atom stereocenters. The van der Waals surface area contributed by atoms with E-state index in [1.54, 1.807) is 0 Å². The van der Waals surface area contributed by atoms with E-state index >= 15 is 0 Å². The summed E-state index contributed by atoms with van der Waals surface area (Å²) in [7, 11) is 0. The van der Waals surface area contributed by atoms with Crippen LogP contribution in [0, 0.1) is 0 Å². The first-order chi connectivity index (χ1) is 26.8. The second-order valence-electron chi connectivity index (χ2n) is 13.7. The lowest BCUT2D eigenvalue weighted by atomic mass is 9.91. The van der Waals surface area contributed by atoms with Crippen LogP contribution in [0.3, 0.4) is 0 Å². The number of fused-ring (bicyclic) bond motifs is 4. The number of rotatable bonds is 7. The molecule has 54 heavy (non-hydrogen) atoms. The summed E-state index contributed by atoms with van der Waals surface area (Å²) in [5.74, 6) is 0. The minimum absolute atomic E-state index is 1.09. The second kappa shape index (κ2) is 13.4. The van der Waals surface area contributed by atoms with Crippen molar-refractivity contribution in [3.05, 3.63) is 218 Å². The Kier molecular flexibility index (Phi) is 7.85. The van der Waals surface area contributed by atoms with E-state index in [1.807, 2.05) is 0 Å². The third-order valence-electron chi connectivity index (χ3n) is 10.6. The lowest BCUT2D eigenvalue weighted by molar-refractivity contribution is 1.17. The molecule has 0 aliphatic carbocycles. The molecule has 10 rings (SSSR count). The van der Waals surface area contributed by atoms with E-state index in [0.29, 0.717) is 0 Å². The molecule has 1 aromatic heterocycles. The molecule has 0 atom stereocenters. The Balaban J connectivity index is 1.16. The van der Waals surface area contributed by atoms with Crippen LogP contribution >= 0.6 is 0 Å². The Labute approximate surface area is 315 Å². The highest BCUT2D eigenvalue weighted by atomic mass is 15.1. The Morgan fingerprint density at radius 2 is 0.833 bits per heavy atom. The molecule has 254 valence electrons. The van der Waals surface area contributed by atoms with Gasteiger partial charge in [-0.15, -0.1) is 0 Å². The largest absolute Gasteiger partial charge is 0.310 e. The van der Waals surface area contributed by atoms with Gasteiger partial charge in [0.2, 0.25) is 0 Å². The van der Waals surface area contributed by atoms with Crippen molar-refractivity contribution in [1.82, 2.24) is 4.57 Å². The third-order valence-corrected chi connectivity index (χ3v) is 10.6. The fourth-order valence-corrected chi connectivity index (χ4v) is 8.16. The van der Waals surface area contributed by atoms with Crippen LogP contribution in [0.5, 0.6) is 0 Å². The number of nitrogens with zero attached hydrogens (tertiary/aromatic N) is 2. The van der Waals surface area contributed by atoms with Crippen molar-refractivity contribution in [2.45, 2.75) is 0 Å². The summed E-state index contributed by atoms with van der Waals surface area (Å²) in [6, 6.07) is 78.8. The van der Waals surface area contributed by atoms with Gasteiger partial charge in [0.05, 0.1) is 16.7 Å². The molecule has 2 heteroatoms. The Hall–Kier alpha value is -7.16. The normalized spacial score (nSPS) is 11.3. The molecular weight excluding hydrogens is 653 g/mol. The zero-order valence-electron chi connectivity index (χ0n) is 29.7. The molecule has 0 saturated carbocycles. The molecule has 10 aromatic rings. The van der Waals surface area contributed by atoms with Crippen molar-refractivity contribution in [1.29, 1.82) is 0 Å². The first kappa shape index (κ1) is 31.6. The average Bonchev–Trinajstić information content (AvgIpc) is 3.59. The van der Waals surface area contributed by atoms with Gasteiger partial charge in [-0.05, 0) is 93.2 Å². The highest BCUT2D eigenvalue weighted by Crippen LogP contribution is 2.44. The minimum Gasteiger partial charge on any atom is -0.310 e. The highest BCUT2D eigenvalue weighted by molar-refractivity contribution is 6.09. The van der Waals surface area contributed by atoms with E-state index in [1.165, 1.54) is 66.0 Å². The molecule has 0 aliphatic rings. The fourth-order valence-electron chi connectivity index (χ4n) is 8.16. The average molecular weight is 689 g/mol. The van der Waals surface area contributed by atoms with Crippen LogP contribution in [-0.2, 0) is 0 Å². The second-order valence-corrected chi connectivity index (χ2v) is 13.7. The minimum atomic E-state index is 1.09. The van der Waals surface area contributed by atoms with E-state index in [2.05, 4.69) is 228 Å². The topological polar surface area (TPSA) is 8.17 Å². The molecule has 0 radical (unpaired) electrons. The van der Waals surface area contributed by atoms with Gasteiger partial charge in [-0.3, -0.25) is 0 Å². The molecular formula is C52H36N2. The third kappa shape index (κ3) is 5.44. The molecule has 0 bridgehead atoms. The summed E-state index contributed by atoms with van der Waals surface area (Å²) in [5.41, 5.74) is 14.0. The van der Waals surface area contributed by atoms with Crippen LogP contribution in [0.25, 0.3) is 71.6 Å². The van der Waals surface area contributed by atoms with Crippen LogP contribution in [0.15, 0.2) is 218 Å². The number of aromatic nitrogens is 1. The van der Waals surface area contributed by atoms with Gasteiger partial charge in [-0.2, -0.15) is 0 Å². The molecule has 0 fully saturated rings. The van der Waals surface area contributed by atoms with Crippen molar-refractivity contribution < 1.29 is 0 Å². The van der Waals surface area contributed by atoms with Gasteiger partial charge in [0.25, 0.3) is 0 Å². The maximum atomic E-state index is 2.41. The standard InChI is InChI=1S/C52H36N2/c1-3-16-37(17-4-1)44-24-7-10-29-49(44)53(41-32-34-42(35-33-41)54-50-30-11-8-25-47(50)48-26-9-12-31-51(48)54)43-23-13-22-40(36-43)46-28-15-21-39-20-14-27-45(52(39)46)38-18-5-2-6-19-38/h1-36H. The predicted molar refractivity (Wildman–Crippen MR) is 229 cm³/mol. The van der Waals surface area contributed by atoms with Crippen LogP contribution in [0.4, 0.5) is 17.1 Å². The van der Waals surface area contributed by atoms with E-state index in [0.717, 1.165) is 22.7 Å². The Morgan fingerprint density at radius 1 is 0.333 bits per heavy atom. The van der Waals surface area contributed by atoms with E-state index < -0.39 is 0 Å². The van der Waals surface area contributed by atoms with Gasteiger partial charge >= 0.3 is 0 Å². The fraction of sp³-hybridized carbons (Fsp3) is 0. The van der Waals surface area contributed by atoms with Crippen LogP contribution in [-0.4, -0.2) is 4.57 Å². The molecule has 2 nitrogen and oxygen atoms in total. The SMILES string of the molecule is c1ccc(-c2ccccc2N(c2ccc(-n3c4ccccc4c4ccccc43)cc2)c2cccc(-c3cccc4cccc(-c5ccccc5)c34)c2)cc1. The van der Waals surface area contributed by atoms with E-state index in [9.17, 15) is 0 Å². The molecule has 0 N–H and O–H groups in total. The molecule has 0 saturated heterocycles. The monoisotopic (exact) mass is 688 g/mol. The first-order valence-corrected chi connectivity index (χ1v) is 18.5. The summed E-state index contributed by atoms with van der Waals surface area (Å²) < 4.78 is 2.38. The van der Waals surface area contributed by atoms with Crippen molar-refractivity contribution >= 4 is 49.6 Å². The molecule has 0 amide bonds. The van der Waals surface area contributed by atoms with Crippen LogP contribution in [0.1, 0.15) is 0 Å². The van der Waals surface area contributed by atoms with E-state index in [4.69, 9.17) is 0 Å². The highest BCUT2D eigenvalue weighted by Gasteiger charge is 2.19. The van der Waals surface area contributed by atoms with Gasteiger partial charge in [0, 0.05) is 33.4 Å². The Bertz CT molecular complexity index is 2860.